The number of hydrogen-bond acceptors (Lipinski definition) is 1. The van der Waals surface area contributed by atoms with Crippen LogP contribution in [0.5, 0.6) is 0 Å². The second-order valence-electron chi connectivity index (χ2n) is 4.89. The molecule has 0 saturated heterocycles. The molecule has 0 spiro atoms. The Morgan fingerprint density at radius 1 is 1.05 bits per heavy atom. The lowest BCUT2D eigenvalue weighted by Crippen LogP contribution is -2.19. The van der Waals surface area contributed by atoms with Crippen molar-refractivity contribution in [3.63, 3.8) is 0 Å². The van der Waals surface area contributed by atoms with Gasteiger partial charge in [-0.2, -0.15) is 0 Å². The minimum Gasteiger partial charge on any atom is -0.366 e. The van der Waals surface area contributed by atoms with Gasteiger partial charge < -0.3 is 4.90 Å². The molecule has 0 N–H and O–H groups in total. The van der Waals surface area contributed by atoms with E-state index in [4.69, 9.17) is 11.6 Å². The predicted molar refractivity (Wildman–Crippen MR) is 79.2 cm³/mol. The second kappa shape index (κ2) is 6.23. The van der Waals surface area contributed by atoms with E-state index in [2.05, 4.69) is 0 Å². The first-order valence-electron chi connectivity index (χ1n) is 6.32. The first kappa shape index (κ1) is 14.8. The molecule has 2 aromatic carbocycles. The van der Waals surface area contributed by atoms with Crippen LogP contribution in [-0.4, -0.2) is 7.05 Å². The summed E-state index contributed by atoms with van der Waals surface area (Å²) < 4.78 is 28.0. The van der Waals surface area contributed by atoms with Crippen molar-refractivity contribution in [1.82, 2.24) is 0 Å². The smallest absolute Gasteiger partial charge is 0.149 e. The van der Waals surface area contributed by atoms with Gasteiger partial charge in [0.1, 0.15) is 17.3 Å². The Balaban J connectivity index is 2.27. The predicted octanol–water partition coefficient (Wildman–Crippen LogP) is 4.65. The van der Waals surface area contributed by atoms with Crippen LogP contribution in [0.4, 0.5) is 14.5 Å². The van der Waals surface area contributed by atoms with Crippen molar-refractivity contribution in [1.29, 1.82) is 0 Å². The molecule has 1 nitrogen and oxygen atoms in total. The van der Waals surface area contributed by atoms with Crippen LogP contribution in [0.3, 0.4) is 0 Å². The van der Waals surface area contributed by atoms with Gasteiger partial charge in [0.2, 0.25) is 0 Å². The highest BCUT2D eigenvalue weighted by Crippen LogP contribution is 2.26. The van der Waals surface area contributed by atoms with Crippen molar-refractivity contribution >= 4 is 17.3 Å². The molecule has 0 aromatic heterocycles. The average molecular weight is 296 g/mol. The van der Waals surface area contributed by atoms with Gasteiger partial charge in [0.25, 0.3) is 0 Å². The molecule has 0 radical (unpaired) electrons. The summed E-state index contributed by atoms with van der Waals surface area (Å²) in [4.78, 5) is 1.57. The molecule has 0 aliphatic carbocycles. The highest BCUT2D eigenvalue weighted by molar-refractivity contribution is 6.17. The van der Waals surface area contributed by atoms with E-state index in [0.717, 1.165) is 11.1 Å². The van der Waals surface area contributed by atoms with Crippen LogP contribution in [0.15, 0.2) is 36.4 Å². The molecule has 0 amide bonds. The van der Waals surface area contributed by atoms with Crippen molar-refractivity contribution in [3.05, 3.63) is 64.7 Å². The molecule has 0 saturated carbocycles. The molecule has 2 rings (SSSR count). The lowest BCUT2D eigenvalue weighted by atomic mass is 10.1. The number of anilines is 1. The molecule has 20 heavy (non-hydrogen) atoms. The summed E-state index contributed by atoms with van der Waals surface area (Å²) in [6, 6.07) is 10.4. The van der Waals surface area contributed by atoms with E-state index >= 15 is 0 Å². The Kier molecular flexibility index (Phi) is 4.61. The standard InChI is InChI=1S/C16H16ClF2N/c1-11-4-3-5-12(6-11)10-20(2)16-14(18)7-13(9-17)8-15(16)19/h3-8H,9-10H2,1-2H3. The van der Waals surface area contributed by atoms with E-state index in [-0.39, 0.29) is 11.6 Å². The van der Waals surface area contributed by atoms with Crippen LogP contribution >= 0.6 is 11.6 Å². The summed E-state index contributed by atoms with van der Waals surface area (Å²) >= 11 is 5.60. The van der Waals surface area contributed by atoms with E-state index in [1.807, 2.05) is 31.2 Å². The summed E-state index contributed by atoms with van der Waals surface area (Å²) in [7, 11) is 1.67. The zero-order chi connectivity index (χ0) is 14.7. The lowest BCUT2D eigenvalue weighted by molar-refractivity contribution is 0.574. The van der Waals surface area contributed by atoms with Crippen molar-refractivity contribution in [3.8, 4) is 0 Å². The van der Waals surface area contributed by atoms with Crippen molar-refractivity contribution in [2.24, 2.45) is 0 Å². The highest BCUT2D eigenvalue weighted by Gasteiger charge is 2.15. The Bertz CT molecular complexity index is 590. The Hall–Kier alpha value is -1.61. The first-order chi connectivity index (χ1) is 9.51. The summed E-state index contributed by atoms with van der Waals surface area (Å²) in [5, 5.41) is 0. The summed E-state index contributed by atoms with van der Waals surface area (Å²) in [5.41, 5.74) is 2.54. The monoisotopic (exact) mass is 295 g/mol. The number of aryl methyl sites for hydroxylation is 1. The summed E-state index contributed by atoms with van der Waals surface area (Å²) in [6.45, 7) is 2.43. The molecule has 0 heterocycles. The number of nitrogens with zero attached hydrogens (tertiary/aromatic N) is 1. The fourth-order valence-corrected chi connectivity index (χ4v) is 2.38. The number of rotatable bonds is 4. The van der Waals surface area contributed by atoms with E-state index in [9.17, 15) is 8.78 Å². The number of halogens is 3. The van der Waals surface area contributed by atoms with E-state index in [1.165, 1.54) is 12.1 Å². The van der Waals surface area contributed by atoms with Crippen LogP contribution in [0.25, 0.3) is 0 Å². The number of benzene rings is 2. The van der Waals surface area contributed by atoms with Crippen LogP contribution < -0.4 is 4.90 Å². The van der Waals surface area contributed by atoms with Gasteiger partial charge in [-0.15, -0.1) is 11.6 Å². The SMILES string of the molecule is Cc1cccc(CN(C)c2c(F)cc(CCl)cc2F)c1. The van der Waals surface area contributed by atoms with Crippen molar-refractivity contribution < 1.29 is 8.78 Å². The second-order valence-corrected chi connectivity index (χ2v) is 5.15. The molecule has 0 aliphatic heterocycles. The maximum Gasteiger partial charge on any atom is 0.149 e. The fraction of sp³-hybridized carbons (Fsp3) is 0.250. The van der Waals surface area contributed by atoms with Gasteiger partial charge in [-0.05, 0) is 30.2 Å². The van der Waals surface area contributed by atoms with E-state index in [1.54, 1.807) is 11.9 Å². The third kappa shape index (κ3) is 3.28. The molecule has 0 aliphatic rings. The number of hydrogen-bond donors (Lipinski definition) is 0. The minimum absolute atomic E-state index is 0.0274. The normalized spacial score (nSPS) is 10.7. The van der Waals surface area contributed by atoms with Gasteiger partial charge in [-0.1, -0.05) is 29.8 Å². The number of alkyl halides is 1. The maximum atomic E-state index is 14.0. The van der Waals surface area contributed by atoms with Crippen molar-refractivity contribution in [2.45, 2.75) is 19.3 Å². The molecule has 2 aromatic rings. The van der Waals surface area contributed by atoms with Gasteiger partial charge in [0.15, 0.2) is 0 Å². The molecule has 0 bridgehead atoms. The molecular weight excluding hydrogens is 280 g/mol. The highest BCUT2D eigenvalue weighted by atomic mass is 35.5. The Morgan fingerprint density at radius 3 is 2.25 bits per heavy atom. The lowest BCUT2D eigenvalue weighted by Gasteiger charge is -2.21. The van der Waals surface area contributed by atoms with Gasteiger partial charge in [0.05, 0.1) is 0 Å². The van der Waals surface area contributed by atoms with Crippen LogP contribution in [0.2, 0.25) is 0 Å². The third-order valence-electron chi connectivity index (χ3n) is 3.11. The average Bonchev–Trinajstić information content (AvgIpc) is 2.37. The summed E-state index contributed by atoms with van der Waals surface area (Å²) in [5.74, 6) is -1.08. The van der Waals surface area contributed by atoms with Gasteiger partial charge in [-0.25, -0.2) is 8.78 Å². The minimum atomic E-state index is -0.587. The molecule has 0 atom stereocenters. The molecule has 0 unspecified atom stereocenters. The quantitative estimate of drug-likeness (QED) is 0.742. The molecule has 4 heteroatoms. The molecule has 106 valence electrons. The van der Waals surface area contributed by atoms with Crippen LogP contribution in [0.1, 0.15) is 16.7 Å². The van der Waals surface area contributed by atoms with Crippen LogP contribution in [-0.2, 0) is 12.4 Å². The topological polar surface area (TPSA) is 3.24 Å². The zero-order valence-corrected chi connectivity index (χ0v) is 12.2. The first-order valence-corrected chi connectivity index (χ1v) is 6.85. The Morgan fingerprint density at radius 2 is 1.70 bits per heavy atom. The Labute approximate surface area is 122 Å². The molecular formula is C16H16ClF2N. The maximum absolute atomic E-state index is 14.0. The van der Waals surface area contributed by atoms with Gasteiger partial charge in [-0.3, -0.25) is 0 Å². The van der Waals surface area contributed by atoms with Crippen molar-refractivity contribution in [2.75, 3.05) is 11.9 Å². The largest absolute Gasteiger partial charge is 0.366 e. The van der Waals surface area contributed by atoms with Crippen LogP contribution in [0, 0.1) is 18.6 Å². The summed E-state index contributed by atoms with van der Waals surface area (Å²) in [6.07, 6.45) is 0. The molecule has 0 fully saturated rings. The van der Waals surface area contributed by atoms with Gasteiger partial charge in [0, 0.05) is 19.5 Å². The van der Waals surface area contributed by atoms with E-state index in [0.29, 0.717) is 12.1 Å². The third-order valence-corrected chi connectivity index (χ3v) is 3.42. The zero-order valence-electron chi connectivity index (χ0n) is 11.5. The van der Waals surface area contributed by atoms with E-state index < -0.39 is 11.6 Å². The van der Waals surface area contributed by atoms with Gasteiger partial charge >= 0.3 is 0 Å². The fourth-order valence-electron chi connectivity index (χ4n) is 2.22.